The van der Waals surface area contributed by atoms with Crippen molar-refractivity contribution in [1.82, 2.24) is 9.55 Å². The number of aryl methyl sites for hydroxylation is 1. The van der Waals surface area contributed by atoms with E-state index in [0.29, 0.717) is 5.69 Å². The molecule has 0 radical (unpaired) electrons. The lowest BCUT2D eigenvalue weighted by Crippen LogP contribution is -2.01. The highest BCUT2D eigenvalue weighted by atomic mass is 79.9. The molecule has 1 rings (SSSR count). The molecule has 12 heavy (non-hydrogen) atoms. The molecule has 0 saturated heterocycles. The summed E-state index contributed by atoms with van der Waals surface area (Å²) in [5.74, 6) is -0.0630. The van der Waals surface area contributed by atoms with Gasteiger partial charge in [0.1, 0.15) is 10.4 Å². The summed E-state index contributed by atoms with van der Waals surface area (Å²) in [6, 6.07) is 0. The van der Waals surface area contributed by atoms with E-state index in [1.807, 2.05) is 14.0 Å². The van der Waals surface area contributed by atoms with Gasteiger partial charge in [-0.15, -0.1) is 0 Å². The Kier molecular flexibility index (Phi) is 2.52. The zero-order valence-electron chi connectivity index (χ0n) is 6.83. The Labute approximate surface area is 78.4 Å². The maximum Gasteiger partial charge on any atom is 0.309 e. The number of carboxylic acid groups (broad SMARTS) is 1. The number of aromatic nitrogens is 2. The first kappa shape index (κ1) is 9.25. The van der Waals surface area contributed by atoms with Crippen molar-refractivity contribution in [2.24, 2.45) is 7.05 Å². The van der Waals surface area contributed by atoms with Gasteiger partial charge in [0.2, 0.25) is 0 Å². The first-order valence-electron chi connectivity index (χ1n) is 3.42. The van der Waals surface area contributed by atoms with Gasteiger partial charge in [-0.25, -0.2) is 4.98 Å². The molecule has 0 aromatic carbocycles. The van der Waals surface area contributed by atoms with Gasteiger partial charge < -0.3 is 9.67 Å². The molecule has 4 nitrogen and oxygen atoms in total. The largest absolute Gasteiger partial charge is 0.481 e. The van der Waals surface area contributed by atoms with Crippen LogP contribution in [0.2, 0.25) is 0 Å². The molecule has 0 fully saturated rings. The first-order chi connectivity index (χ1) is 5.52. The molecule has 0 amide bonds. The van der Waals surface area contributed by atoms with Crippen molar-refractivity contribution in [2.45, 2.75) is 13.3 Å². The predicted molar refractivity (Wildman–Crippen MR) is 47.0 cm³/mol. The molecular weight excluding hydrogens is 224 g/mol. The lowest BCUT2D eigenvalue weighted by atomic mass is 10.3. The van der Waals surface area contributed by atoms with Gasteiger partial charge in [-0.1, -0.05) is 0 Å². The zero-order chi connectivity index (χ0) is 9.30. The average Bonchev–Trinajstić information content (AvgIpc) is 2.17. The van der Waals surface area contributed by atoms with E-state index >= 15 is 0 Å². The normalized spacial score (nSPS) is 10.2. The van der Waals surface area contributed by atoms with Gasteiger partial charge in [0.05, 0.1) is 12.1 Å². The number of hydrogen-bond donors (Lipinski definition) is 1. The lowest BCUT2D eigenvalue weighted by molar-refractivity contribution is -0.136. The van der Waals surface area contributed by atoms with E-state index in [9.17, 15) is 4.79 Å². The molecule has 1 heterocycles. The van der Waals surface area contributed by atoms with Gasteiger partial charge in [0.25, 0.3) is 0 Å². The maximum atomic E-state index is 10.4. The van der Waals surface area contributed by atoms with E-state index in [1.54, 1.807) is 4.57 Å². The standard InChI is InChI=1S/C7H9BrN2O2/c1-4-9-5(3-6(11)12)7(8)10(4)2/h3H2,1-2H3,(H,11,12). The highest BCUT2D eigenvalue weighted by Crippen LogP contribution is 2.17. The summed E-state index contributed by atoms with van der Waals surface area (Å²) in [6.45, 7) is 1.83. The number of aliphatic carboxylic acids is 1. The van der Waals surface area contributed by atoms with Crippen molar-refractivity contribution in [3.8, 4) is 0 Å². The van der Waals surface area contributed by atoms with Crippen molar-refractivity contribution in [1.29, 1.82) is 0 Å². The predicted octanol–water partition coefficient (Wildman–Crippen LogP) is 1.12. The topological polar surface area (TPSA) is 55.1 Å². The molecule has 5 heteroatoms. The molecule has 0 aliphatic carbocycles. The lowest BCUT2D eigenvalue weighted by Gasteiger charge is -1.94. The summed E-state index contributed by atoms with van der Waals surface area (Å²) in [5, 5.41) is 8.52. The fourth-order valence-corrected chi connectivity index (χ4v) is 1.39. The monoisotopic (exact) mass is 232 g/mol. The van der Waals surface area contributed by atoms with E-state index in [1.165, 1.54) is 0 Å². The number of rotatable bonds is 2. The Morgan fingerprint density at radius 3 is 2.67 bits per heavy atom. The Bertz CT molecular complexity index is 319. The molecule has 0 spiro atoms. The quantitative estimate of drug-likeness (QED) is 0.832. The summed E-state index contributed by atoms with van der Waals surface area (Å²) in [7, 11) is 1.83. The van der Waals surface area contributed by atoms with Gasteiger partial charge in [-0.2, -0.15) is 0 Å². The fourth-order valence-electron chi connectivity index (χ4n) is 0.908. The molecule has 0 atom stereocenters. The molecule has 0 aliphatic heterocycles. The van der Waals surface area contributed by atoms with Crippen LogP contribution in [0.5, 0.6) is 0 Å². The van der Waals surface area contributed by atoms with Gasteiger partial charge >= 0.3 is 5.97 Å². The Hall–Kier alpha value is -0.840. The van der Waals surface area contributed by atoms with Gasteiger partial charge in [-0.05, 0) is 22.9 Å². The van der Waals surface area contributed by atoms with Crippen molar-refractivity contribution >= 4 is 21.9 Å². The molecule has 0 saturated carbocycles. The molecule has 0 bridgehead atoms. The van der Waals surface area contributed by atoms with Crippen LogP contribution in [0.4, 0.5) is 0 Å². The van der Waals surface area contributed by atoms with Crippen molar-refractivity contribution in [2.75, 3.05) is 0 Å². The third-order valence-corrected chi connectivity index (χ3v) is 2.62. The summed E-state index contributed by atoms with van der Waals surface area (Å²) >= 11 is 3.27. The van der Waals surface area contributed by atoms with Crippen LogP contribution in [-0.4, -0.2) is 20.6 Å². The second-order valence-electron chi connectivity index (χ2n) is 2.53. The van der Waals surface area contributed by atoms with Crippen molar-refractivity contribution in [3.05, 3.63) is 16.1 Å². The van der Waals surface area contributed by atoms with Crippen LogP contribution in [-0.2, 0) is 18.3 Å². The number of carbonyl (C=O) groups is 1. The minimum atomic E-state index is -0.867. The average molecular weight is 233 g/mol. The van der Waals surface area contributed by atoms with Crippen LogP contribution in [0, 0.1) is 6.92 Å². The minimum absolute atomic E-state index is 0.0394. The van der Waals surface area contributed by atoms with Crippen LogP contribution >= 0.6 is 15.9 Å². The van der Waals surface area contributed by atoms with Crippen LogP contribution in [0.15, 0.2) is 4.60 Å². The molecular formula is C7H9BrN2O2. The van der Waals surface area contributed by atoms with Crippen LogP contribution < -0.4 is 0 Å². The number of nitrogens with zero attached hydrogens (tertiary/aromatic N) is 2. The second-order valence-corrected chi connectivity index (χ2v) is 3.28. The van der Waals surface area contributed by atoms with Gasteiger partial charge in [-0.3, -0.25) is 4.79 Å². The van der Waals surface area contributed by atoms with E-state index in [2.05, 4.69) is 20.9 Å². The SMILES string of the molecule is Cc1nc(CC(=O)O)c(Br)n1C. The van der Waals surface area contributed by atoms with Crippen molar-refractivity contribution < 1.29 is 9.90 Å². The fraction of sp³-hybridized carbons (Fsp3) is 0.429. The smallest absolute Gasteiger partial charge is 0.309 e. The highest BCUT2D eigenvalue weighted by molar-refractivity contribution is 9.10. The molecule has 1 aromatic rings. The van der Waals surface area contributed by atoms with Gasteiger partial charge in [0, 0.05) is 7.05 Å². The number of imidazole rings is 1. The second kappa shape index (κ2) is 3.26. The van der Waals surface area contributed by atoms with E-state index < -0.39 is 5.97 Å². The Morgan fingerprint density at radius 1 is 1.75 bits per heavy atom. The van der Waals surface area contributed by atoms with Crippen LogP contribution in [0.1, 0.15) is 11.5 Å². The number of hydrogen-bond acceptors (Lipinski definition) is 2. The maximum absolute atomic E-state index is 10.4. The molecule has 1 aromatic heterocycles. The van der Waals surface area contributed by atoms with E-state index in [4.69, 9.17) is 5.11 Å². The zero-order valence-corrected chi connectivity index (χ0v) is 8.42. The molecule has 1 N–H and O–H groups in total. The number of carboxylic acids is 1. The molecule has 0 aliphatic rings. The third-order valence-electron chi connectivity index (χ3n) is 1.63. The molecule has 0 unspecified atom stereocenters. The van der Waals surface area contributed by atoms with Crippen molar-refractivity contribution in [3.63, 3.8) is 0 Å². The third kappa shape index (κ3) is 1.66. The summed E-state index contributed by atoms with van der Waals surface area (Å²) in [4.78, 5) is 14.5. The van der Waals surface area contributed by atoms with Crippen LogP contribution in [0.25, 0.3) is 0 Å². The van der Waals surface area contributed by atoms with Gasteiger partial charge in [0.15, 0.2) is 0 Å². The van der Waals surface area contributed by atoms with E-state index in [-0.39, 0.29) is 6.42 Å². The first-order valence-corrected chi connectivity index (χ1v) is 4.21. The van der Waals surface area contributed by atoms with E-state index in [0.717, 1.165) is 10.4 Å². The summed E-state index contributed by atoms with van der Waals surface area (Å²) in [6.07, 6.45) is -0.0394. The Morgan fingerprint density at radius 2 is 2.33 bits per heavy atom. The Balaban J connectivity index is 3.01. The summed E-state index contributed by atoms with van der Waals surface area (Å²) < 4.78 is 2.54. The minimum Gasteiger partial charge on any atom is -0.481 e. The molecule has 66 valence electrons. The highest BCUT2D eigenvalue weighted by Gasteiger charge is 2.11. The number of halogens is 1. The summed E-state index contributed by atoms with van der Waals surface area (Å²) in [5.41, 5.74) is 0.572. The van der Waals surface area contributed by atoms with Crippen LogP contribution in [0.3, 0.4) is 0 Å².